The fraction of sp³-hybridized carbons (Fsp3) is 0.105. The molecule has 0 saturated heterocycles. The third-order valence-electron chi connectivity index (χ3n) is 3.48. The van der Waals surface area contributed by atoms with Gasteiger partial charge in [0.1, 0.15) is 11.5 Å². The molecule has 0 bridgehead atoms. The fourth-order valence-electron chi connectivity index (χ4n) is 2.26. The molecule has 2 N–H and O–H groups in total. The zero-order valence-corrected chi connectivity index (χ0v) is 13.7. The SMILES string of the molecule is Cc1cc(C(=O)Nc2ccccc2)nc(NCc2ccc(F)cc2)n1. The molecule has 0 aliphatic heterocycles. The molecule has 0 unspecified atom stereocenters. The highest BCUT2D eigenvalue weighted by molar-refractivity contribution is 6.03. The number of hydrogen-bond acceptors (Lipinski definition) is 4. The largest absolute Gasteiger partial charge is 0.350 e. The van der Waals surface area contributed by atoms with Gasteiger partial charge >= 0.3 is 0 Å². The molecule has 0 aliphatic rings. The predicted molar refractivity (Wildman–Crippen MR) is 94.9 cm³/mol. The third kappa shape index (κ3) is 4.60. The van der Waals surface area contributed by atoms with Crippen molar-refractivity contribution < 1.29 is 9.18 Å². The molecule has 3 aromatic rings. The Bertz CT molecular complexity index is 866. The number of halogens is 1. The zero-order valence-electron chi connectivity index (χ0n) is 13.7. The summed E-state index contributed by atoms with van der Waals surface area (Å²) in [5, 5.41) is 5.85. The molecule has 0 fully saturated rings. The lowest BCUT2D eigenvalue weighted by Gasteiger charge is -2.09. The second-order valence-corrected chi connectivity index (χ2v) is 5.52. The number of nitrogens with one attached hydrogen (secondary N) is 2. The van der Waals surface area contributed by atoms with E-state index in [4.69, 9.17) is 0 Å². The second-order valence-electron chi connectivity index (χ2n) is 5.52. The van der Waals surface area contributed by atoms with Gasteiger partial charge in [-0.3, -0.25) is 4.79 Å². The fourth-order valence-corrected chi connectivity index (χ4v) is 2.26. The highest BCUT2D eigenvalue weighted by Crippen LogP contribution is 2.11. The molecule has 2 aromatic carbocycles. The number of rotatable bonds is 5. The Hall–Kier alpha value is -3.28. The van der Waals surface area contributed by atoms with Gasteiger partial charge in [-0.05, 0) is 42.8 Å². The Labute approximate surface area is 145 Å². The zero-order chi connectivity index (χ0) is 17.6. The molecular formula is C19H17FN4O. The van der Waals surface area contributed by atoms with Crippen molar-refractivity contribution in [3.05, 3.63) is 83.4 Å². The lowest BCUT2D eigenvalue weighted by molar-refractivity contribution is 0.102. The Kier molecular flexibility index (Phi) is 4.99. The highest BCUT2D eigenvalue weighted by Gasteiger charge is 2.11. The van der Waals surface area contributed by atoms with Gasteiger partial charge in [0.2, 0.25) is 5.95 Å². The smallest absolute Gasteiger partial charge is 0.274 e. The molecule has 3 rings (SSSR count). The van der Waals surface area contributed by atoms with Crippen LogP contribution in [0.3, 0.4) is 0 Å². The van der Waals surface area contributed by atoms with E-state index < -0.39 is 0 Å². The van der Waals surface area contributed by atoms with E-state index in [0.29, 0.717) is 23.9 Å². The Morgan fingerprint density at radius 1 is 1.04 bits per heavy atom. The predicted octanol–water partition coefficient (Wildman–Crippen LogP) is 3.79. The minimum atomic E-state index is -0.304. The molecule has 6 heteroatoms. The van der Waals surface area contributed by atoms with Crippen molar-refractivity contribution in [2.75, 3.05) is 10.6 Å². The van der Waals surface area contributed by atoms with E-state index in [1.807, 2.05) is 18.2 Å². The summed E-state index contributed by atoms with van der Waals surface area (Å²) in [6, 6.07) is 17.0. The maximum Gasteiger partial charge on any atom is 0.274 e. The van der Waals surface area contributed by atoms with Crippen LogP contribution in [-0.2, 0) is 6.54 Å². The summed E-state index contributed by atoms with van der Waals surface area (Å²) < 4.78 is 12.9. The summed E-state index contributed by atoms with van der Waals surface area (Å²) >= 11 is 0. The Morgan fingerprint density at radius 2 is 1.76 bits per heavy atom. The number of nitrogens with zero attached hydrogens (tertiary/aromatic N) is 2. The van der Waals surface area contributed by atoms with Crippen LogP contribution in [0, 0.1) is 12.7 Å². The minimum Gasteiger partial charge on any atom is -0.350 e. The van der Waals surface area contributed by atoms with Crippen molar-refractivity contribution in [2.45, 2.75) is 13.5 Å². The minimum absolute atomic E-state index is 0.276. The van der Waals surface area contributed by atoms with Gasteiger partial charge in [0.25, 0.3) is 5.91 Å². The highest BCUT2D eigenvalue weighted by atomic mass is 19.1. The first-order valence-corrected chi connectivity index (χ1v) is 7.80. The van der Waals surface area contributed by atoms with Gasteiger partial charge < -0.3 is 10.6 Å². The molecule has 1 amide bonds. The molecule has 0 radical (unpaired) electrons. The van der Waals surface area contributed by atoms with E-state index in [2.05, 4.69) is 20.6 Å². The molecule has 0 spiro atoms. The molecular weight excluding hydrogens is 319 g/mol. The van der Waals surface area contributed by atoms with E-state index in [0.717, 1.165) is 5.56 Å². The third-order valence-corrected chi connectivity index (χ3v) is 3.48. The quantitative estimate of drug-likeness (QED) is 0.744. The summed E-state index contributed by atoms with van der Waals surface area (Å²) in [4.78, 5) is 20.9. The lowest BCUT2D eigenvalue weighted by atomic mass is 10.2. The normalized spacial score (nSPS) is 10.3. The molecule has 126 valence electrons. The number of aryl methyl sites for hydroxylation is 1. The summed E-state index contributed by atoms with van der Waals surface area (Å²) in [7, 11) is 0. The molecule has 1 heterocycles. The summed E-state index contributed by atoms with van der Waals surface area (Å²) in [6.45, 7) is 2.23. The van der Waals surface area contributed by atoms with E-state index in [1.165, 1.54) is 12.1 Å². The molecule has 25 heavy (non-hydrogen) atoms. The van der Waals surface area contributed by atoms with Gasteiger partial charge in [-0.25, -0.2) is 14.4 Å². The van der Waals surface area contributed by atoms with Crippen molar-refractivity contribution in [1.29, 1.82) is 0 Å². The molecule has 0 saturated carbocycles. The maximum absolute atomic E-state index is 12.9. The van der Waals surface area contributed by atoms with Gasteiger partial charge in [-0.1, -0.05) is 30.3 Å². The van der Waals surface area contributed by atoms with Crippen LogP contribution in [0.25, 0.3) is 0 Å². The summed E-state index contributed by atoms with van der Waals surface area (Å²) in [5.74, 6) is -0.237. The van der Waals surface area contributed by atoms with Crippen molar-refractivity contribution in [1.82, 2.24) is 9.97 Å². The number of aromatic nitrogens is 2. The Morgan fingerprint density at radius 3 is 2.48 bits per heavy atom. The van der Waals surface area contributed by atoms with Crippen LogP contribution in [0.4, 0.5) is 16.0 Å². The molecule has 5 nitrogen and oxygen atoms in total. The van der Waals surface area contributed by atoms with Crippen LogP contribution in [-0.4, -0.2) is 15.9 Å². The Balaban J connectivity index is 1.71. The van der Waals surface area contributed by atoms with Crippen molar-refractivity contribution in [2.24, 2.45) is 0 Å². The van der Waals surface area contributed by atoms with Gasteiger partial charge in [-0.2, -0.15) is 0 Å². The molecule has 0 aliphatic carbocycles. The number of anilines is 2. The van der Waals surface area contributed by atoms with E-state index in [1.54, 1.807) is 37.3 Å². The standard InChI is InChI=1S/C19H17FN4O/c1-13-11-17(18(25)23-16-5-3-2-4-6-16)24-19(22-13)21-12-14-7-9-15(20)10-8-14/h2-11H,12H2,1H3,(H,23,25)(H,21,22,24). The van der Waals surface area contributed by atoms with Gasteiger partial charge in [0, 0.05) is 17.9 Å². The van der Waals surface area contributed by atoms with Gasteiger partial charge in [-0.15, -0.1) is 0 Å². The van der Waals surface area contributed by atoms with Gasteiger partial charge in [0.15, 0.2) is 0 Å². The van der Waals surface area contributed by atoms with Crippen molar-refractivity contribution >= 4 is 17.5 Å². The lowest BCUT2D eigenvalue weighted by Crippen LogP contribution is -2.16. The van der Waals surface area contributed by atoms with Crippen molar-refractivity contribution in [3.63, 3.8) is 0 Å². The number of hydrogen-bond donors (Lipinski definition) is 2. The number of carbonyl (C=O) groups excluding carboxylic acids is 1. The maximum atomic E-state index is 12.9. The monoisotopic (exact) mass is 336 g/mol. The van der Waals surface area contributed by atoms with E-state index >= 15 is 0 Å². The summed E-state index contributed by atoms with van der Waals surface area (Å²) in [5.41, 5.74) is 2.54. The van der Waals surface area contributed by atoms with Crippen LogP contribution in [0.5, 0.6) is 0 Å². The van der Waals surface area contributed by atoms with Crippen LogP contribution < -0.4 is 10.6 Å². The first-order chi connectivity index (χ1) is 12.1. The molecule has 1 aromatic heterocycles. The van der Waals surface area contributed by atoms with E-state index in [-0.39, 0.29) is 17.4 Å². The topological polar surface area (TPSA) is 66.9 Å². The van der Waals surface area contributed by atoms with Crippen LogP contribution in [0.1, 0.15) is 21.7 Å². The van der Waals surface area contributed by atoms with Crippen LogP contribution >= 0.6 is 0 Å². The first-order valence-electron chi connectivity index (χ1n) is 7.80. The van der Waals surface area contributed by atoms with E-state index in [9.17, 15) is 9.18 Å². The van der Waals surface area contributed by atoms with Crippen LogP contribution in [0.2, 0.25) is 0 Å². The number of para-hydroxylation sites is 1. The average Bonchev–Trinajstić information content (AvgIpc) is 2.61. The number of benzene rings is 2. The number of carbonyl (C=O) groups is 1. The number of amides is 1. The van der Waals surface area contributed by atoms with Crippen molar-refractivity contribution in [3.8, 4) is 0 Å². The molecule has 0 atom stereocenters. The van der Waals surface area contributed by atoms with Crippen LogP contribution in [0.15, 0.2) is 60.7 Å². The van der Waals surface area contributed by atoms with Gasteiger partial charge in [0.05, 0.1) is 0 Å². The first kappa shape index (κ1) is 16.6. The average molecular weight is 336 g/mol. The summed E-state index contributed by atoms with van der Waals surface area (Å²) in [6.07, 6.45) is 0. The second kappa shape index (κ2) is 7.53.